The lowest BCUT2D eigenvalue weighted by molar-refractivity contribution is 0.180. The molecule has 2 aromatic rings. The van der Waals surface area contributed by atoms with Crippen LogP contribution in [0.3, 0.4) is 0 Å². The molecule has 128 valence electrons. The van der Waals surface area contributed by atoms with Crippen molar-refractivity contribution < 1.29 is 14.6 Å². The molecule has 0 radical (unpaired) electrons. The number of rotatable bonds is 7. The summed E-state index contributed by atoms with van der Waals surface area (Å²) in [6.45, 7) is 4.22. The minimum atomic E-state index is 0.115. The van der Waals surface area contributed by atoms with E-state index in [1.807, 2.05) is 24.4 Å². The van der Waals surface area contributed by atoms with Gasteiger partial charge in [0.15, 0.2) is 0 Å². The zero-order valence-corrected chi connectivity index (χ0v) is 14.2. The molecule has 3 rings (SSSR count). The lowest BCUT2D eigenvalue weighted by atomic mass is 10.1. The molecule has 0 saturated carbocycles. The normalized spacial score (nSPS) is 16.1. The first-order chi connectivity index (χ1) is 11.7. The molecule has 1 N–H and O–H groups in total. The molecule has 0 bridgehead atoms. The molecule has 0 amide bonds. The van der Waals surface area contributed by atoms with Crippen molar-refractivity contribution in [3.63, 3.8) is 0 Å². The molecule has 24 heavy (non-hydrogen) atoms. The molecular weight excluding hydrogens is 304 g/mol. The van der Waals surface area contributed by atoms with Crippen molar-refractivity contribution in [2.75, 3.05) is 20.3 Å². The fourth-order valence-electron chi connectivity index (χ4n) is 3.16. The van der Waals surface area contributed by atoms with Gasteiger partial charge in [-0.05, 0) is 30.7 Å². The van der Waals surface area contributed by atoms with Gasteiger partial charge in [-0.15, -0.1) is 0 Å². The first kappa shape index (κ1) is 16.7. The summed E-state index contributed by atoms with van der Waals surface area (Å²) in [7, 11) is 1.69. The van der Waals surface area contributed by atoms with Crippen LogP contribution < -0.4 is 9.47 Å². The van der Waals surface area contributed by atoms with E-state index >= 15 is 0 Å². The first-order valence-corrected chi connectivity index (χ1v) is 8.28. The van der Waals surface area contributed by atoms with Crippen LogP contribution >= 0.6 is 0 Å². The van der Waals surface area contributed by atoms with Gasteiger partial charge < -0.3 is 14.6 Å². The van der Waals surface area contributed by atoms with Crippen molar-refractivity contribution in [1.29, 1.82) is 0 Å². The molecule has 1 atom stereocenters. The number of benzene rings is 1. The van der Waals surface area contributed by atoms with Crippen molar-refractivity contribution in [2.24, 2.45) is 0 Å². The summed E-state index contributed by atoms with van der Waals surface area (Å²) in [5.41, 5.74) is 3.42. The van der Waals surface area contributed by atoms with E-state index in [2.05, 4.69) is 22.9 Å². The molecule has 0 spiro atoms. The maximum Gasteiger partial charge on any atom is 0.127 e. The Bertz CT molecular complexity index is 676. The first-order valence-electron chi connectivity index (χ1n) is 8.28. The van der Waals surface area contributed by atoms with E-state index in [0.717, 1.165) is 35.6 Å². The number of aliphatic hydroxyl groups is 1. The Morgan fingerprint density at radius 2 is 2.25 bits per heavy atom. The smallest absolute Gasteiger partial charge is 0.127 e. The van der Waals surface area contributed by atoms with Crippen LogP contribution in [0.2, 0.25) is 0 Å². The lowest BCUT2D eigenvalue weighted by Gasteiger charge is -2.23. The zero-order valence-electron chi connectivity index (χ0n) is 14.2. The van der Waals surface area contributed by atoms with Crippen LogP contribution in [-0.2, 0) is 19.5 Å². The maximum atomic E-state index is 9.42. The molecule has 1 aromatic carbocycles. The van der Waals surface area contributed by atoms with Gasteiger partial charge in [0.2, 0.25) is 0 Å². The average molecular weight is 328 g/mol. The summed E-state index contributed by atoms with van der Waals surface area (Å²) < 4.78 is 11.5. The van der Waals surface area contributed by atoms with Crippen LogP contribution in [-0.4, -0.2) is 41.4 Å². The minimum absolute atomic E-state index is 0.115. The standard InChI is InChI=1S/C19H24N2O3/c1-14-8-16-9-18(23-2)10-17(19(16)24-14)13-21(6-7-22)12-15-4-3-5-20-11-15/h3-5,9-11,14,22H,6-8,12-13H2,1-2H3. The molecule has 1 aliphatic heterocycles. The highest BCUT2D eigenvalue weighted by molar-refractivity contribution is 5.49. The zero-order chi connectivity index (χ0) is 16.9. The molecule has 5 heteroatoms. The van der Waals surface area contributed by atoms with Gasteiger partial charge in [-0.25, -0.2) is 0 Å². The van der Waals surface area contributed by atoms with Crippen molar-refractivity contribution in [1.82, 2.24) is 9.88 Å². The van der Waals surface area contributed by atoms with Gasteiger partial charge in [0, 0.05) is 49.6 Å². The number of ether oxygens (including phenoxy) is 2. The van der Waals surface area contributed by atoms with E-state index < -0.39 is 0 Å². The van der Waals surface area contributed by atoms with Gasteiger partial charge in [-0.1, -0.05) is 6.07 Å². The minimum Gasteiger partial charge on any atom is -0.497 e. The molecule has 1 unspecified atom stereocenters. The van der Waals surface area contributed by atoms with Crippen molar-refractivity contribution >= 4 is 0 Å². The van der Waals surface area contributed by atoms with Crippen LogP contribution in [0.1, 0.15) is 23.6 Å². The Balaban J connectivity index is 1.83. The molecule has 1 aromatic heterocycles. The number of aromatic nitrogens is 1. The number of nitrogens with zero attached hydrogens (tertiary/aromatic N) is 2. The van der Waals surface area contributed by atoms with Crippen molar-refractivity contribution in [2.45, 2.75) is 32.5 Å². The van der Waals surface area contributed by atoms with Crippen LogP contribution in [0.5, 0.6) is 11.5 Å². The van der Waals surface area contributed by atoms with Crippen LogP contribution in [0.25, 0.3) is 0 Å². The number of methoxy groups -OCH3 is 1. The summed E-state index contributed by atoms with van der Waals surface area (Å²) in [6, 6.07) is 8.07. The Labute approximate surface area is 142 Å². The second-order valence-electron chi connectivity index (χ2n) is 6.20. The third kappa shape index (κ3) is 3.86. The molecule has 0 saturated heterocycles. The van der Waals surface area contributed by atoms with Crippen LogP contribution in [0, 0.1) is 0 Å². The van der Waals surface area contributed by atoms with Gasteiger partial charge in [0.25, 0.3) is 0 Å². The Morgan fingerprint density at radius 1 is 1.38 bits per heavy atom. The SMILES string of the molecule is COc1cc2c(c(CN(CCO)Cc3cccnc3)c1)OC(C)C2. The molecule has 0 aliphatic carbocycles. The van der Waals surface area contributed by atoms with E-state index in [0.29, 0.717) is 13.1 Å². The quantitative estimate of drug-likeness (QED) is 0.846. The van der Waals surface area contributed by atoms with Gasteiger partial charge in [-0.3, -0.25) is 9.88 Å². The maximum absolute atomic E-state index is 9.42. The number of fused-ring (bicyclic) bond motifs is 1. The summed E-state index contributed by atoms with van der Waals surface area (Å²) in [5.74, 6) is 1.82. The van der Waals surface area contributed by atoms with E-state index in [1.54, 1.807) is 13.3 Å². The highest BCUT2D eigenvalue weighted by atomic mass is 16.5. The van der Waals surface area contributed by atoms with Gasteiger partial charge in [0.05, 0.1) is 13.7 Å². The Kier molecular flexibility index (Phi) is 5.33. The molecule has 0 fully saturated rings. The molecule has 2 heterocycles. The predicted molar refractivity (Wildman–Crippen MR) is 92.2 cm³/mol. The highest BCUT2D eigenvalue weighted by Gasteiger charge is 2.24. The number of aliphatic hydroxyl groups excluding tert-OH is 1. The molecule has 5 nitrogen and oxygen atoms in total. The number of hydrogen-bond acceptors (Lipinski definition) is 5. The van der Waals surface area contributed by atoms with Crippen molar-refractivity contribution in [3.05, 3.63) is 53.3 Å². The van der Waals surface area contributed by atoms with E-state index in [1.165, 1.54) is 5.56 Å². The second-order valence-corrected chi connectivity index (χ2v) is 6.20. The van der Waals surface area contributed by atoms with Crippen molar-refractivity contribution in [3.8, 4) is 11.5 Å². The summed E-state index contributed by atoms with van der Waals surface area (Å²) in [6.07, 6.45) is 4.72. The predicted octanol–water partition coefficient (Wildman–Crippen LogP) is 2.41. The van der Waals surface area contributed by atoms with Gasteiger partial charge in [-0.2, -0.15) is 0 Å². The summed E-state index contributed by atoms with van der Waals surface area (Å²) in [4.78, 5) is 6.36. The lowest BCUT2D eigenvalue weighted by Crippen LogP contribution is -2.26. The van der Waals surface area contributed by atoms with E-state index in [-0.39, 0.29) is 12.7 Å². The Hall–Kier alpha value is -2.11. The highest BCUT2D eigenvalue weighted by Crippen LogP contribution is 2.37. The van der Waals surface area contributed by atoms with Crippen LogP contribution in [0.4, 0.5) is 0 Å². The van der Waals surface area contributed by atoms with Crippen LogP contribution in [0.15, 0.2) is 36.7 Å². The number of hydrogen-bond donors (Lipinski definition) is 1. The average Bonchev–Trinajstić information content (AvgIpc) is 2.96. The second kappa shape index (κ2) is 7.64. The fraction of sp³-hybridized carbons (Fsp3) is 0.421. The third-order valence-electron chi connectivity index (χ3n) is 4.22. The monoisotopic (exact) mass is 328 g/mol. The van der Waals surface area contributed by atoms with Gasteiger partial charge in [0.1, 0.15) is 17.6 Å². The number of pyridine rings is 1. The van der Waals surface area contributed by atoms with Gasteiger partial charge >= 0.3 is 0 Å². The van der Waals surface area contributed by atoms with E-state index in [4.69, 9.17) is 9.47 Å². The largest absolute Gasteiger partial charge is 0.497 e. The topological polar surface area (TPSA) is 54.8 Å². The Morgan fingerprint density at radius 3 is 2.96 bits per heavy atom. The summed E-state index contributed by atoms with van der Waals surface area (Å²) in [5, 5.41) is 9.42. The summed E-state index contributed by atoms with van der Waals surface area (Å²) >= 11 is 0. The fourth-order valence-corrected chi connectivity index (χ4v) is 3.16. The van der Waals surface area contributed by atoms with E-state index in [9.17, 15) is 5.11 Å². The molecular formula is C19H24N2O3. The molecule has 1 aliphatic rings. The third-order valence-corrected chi connectivity index (χ3v) is 4.22.